The van der Waals surface area contributed by atoms with Crippen molar-refractivity contribution in [1.82, 2.24) is 10.2 Å². The van der Waals surface area contributed by atoms with Crippen molar-refractivity contribution in [2.24, 2.45) is 0 Å². The smallest absolute Gasteiger partial charge is 0.263 e. The molecule has 1 aliphatic heterocycles. The molecule has 28 heavy (non-hydrogen) atoms. The van der Waals surface area contributed by atoms with Gasteiger partial charge in [-0.1, -0.05) is 60.6 Å². The Morgan fingerprint density at radius 3 is 2.21 bits per heavy atom. The van der Waals surface area contributed by atoms with Crippen LogP contribution in [0.3, 0.4) is 0 Å². The average Bonchev–Trinajstić information content (AvgIpc) is 2.72. The summed E-state index contributed by atoms with van der Waals surface area (Å²) >= 11 is 0. The first-order chi connectivity index (χ1) is 13.2. The first-order valence-electron chi connectivity index (χ1n) is 11.0. The first kappa shape index (κ1) is 22.7. The van der Waals surface area contributed by atoms with Gasteiger partial charge in [-0.2, -0.15) is 0 Å². The number of nitrogens with zero attached hydrogens (tertiary/aromatic N) is 1. The number of amides is 1. The Morgan fingerprint density at radius 1 is 1.07 bits per heavy atom. The number of ether oxygens (including phenoxy) is 1. The number of rotatable bonds is 8. The molecule has 1 N–H and O–H groups in total. The van der Waals surface area contributed by atoms with Crippen molar-refractivity contribution in [2.45, 2.75) is 84.7 Å². The van der Waals surface area contributed by atoms with Crippen molar-refractivity contribution in [3.8, 4) is 5.75 Å². The van der Waals surface area contributed by atoms with E-state index in [1.165, 1.54) is 11.1 Å². The first-order valence-corrected chi connectivity index (χ1v) is 11.0. The molecule has 0 spiro atoms. The summed E-state index contributed by atoms with van der Waals surface area (Å²) in [5.41, 5.74) is 2.66. The lowest BCUT2D eigenvalue weighted by molar-refractivity contribution is -0.139. The molecular formula is C24H40N2O2. The molecule has 0 aromatic heterocycles. The Labute approximate surface area is 172 Å². The third-order valence-electron chi connectivity index (χ3n) is 6.60. The lowest BCUT2D eigenvalue weighted by atomic mass is 9.76. The van der Waals surface area contributed by atoms with Gasteiger partial charge in [0.1, 0.15) is 5.75 Å². The van der Waals surface area contributed by atoms with E-state index in [1.807, 2.05) is 11.8 Å². The minimum Gasteiger partial charge on any atom is -0.480 e. The molecule has 1 amide bonds. The fourth-order valence-corrected chi connectivity index (χ4v) is 3.53. The summed E-state index contributed by atoms with van der Waals surface area (Å²) in [6.45, 7) is 18.8. The minimum absolute atomic E-state index is 0.00838. The second kappa shape index (κ2) is 9.30. The summed E-state index contributed by atoms with van der Waals surface area (Å²) < 4.78 is 6.39. The summed E-state index contributed by atoms with van der Waals surface area (Å²) in [6, 6.07) is 6.58. The SMILES string of the molecule is CCC(Oc1ccc(C(C)(C)CC)cc1C(C)(C)CC)C(=O)N1CCNCC1. The standard InChI is InChI=1S/C24H40N2O2/c1-8-20(22(27)26-15-13-25-14-16-26)28-21-12-11-18(23(4,5)9-2)17-19(21)24(6,7)10-3/h11-12,17,20,25H,8-10,13-16H2,1-7H3. The van der Waals surface area contributed by atoms with Gasteiger partial charge < -0.3 is 15.0 Å². The van der Waals surface area contributed by atoms with Gasteiger partial charge in [0, 0.05) is 31.7 Å². The van der Waals surface area contributed by atoms with E-state index in [1.54, 1.807) is 0 Å². The fourth-order valence-electron chi connectivity index (χ4n) is 3.53. The van der Waals surface area contributed by atoms with Crippen LogP contribution in [0.4, 0.5) is 0 Å². The van der Waals surface area contributed by atoms with Gasteiger partial charge in [0.2, 0.25) is 0 Å². The number of hydrogen-bond acceptors (Lipinski definition) is 3. The summed E-state index contributed by atoms with van der Waals surface area (Å²) in [5, 5.41) is 3.30. The van der Waals surface area contributed by atoms with Gasteiger partial charge >= 0.3 is 0 Å². The Morgan fingerprint density at radius 2 is 1.68 bits per heavy atom. The van der Waals surface area contributed by atoms with Gasteiger partial charge in [-0.05, 0) is 41.7 Å². The average molecular weight is 389 g/mol. The quantitative estimate of drug-likeness (QED) is 0.705. The fraction of sp³-hybridized carbons (Fsp3) is 0.708. The monoisotopic (exact) mass is 388 g/mol. The number of carbonyl (C=O) groups is 1. The van der Waals surface area contributed by atoms with Crippen LogP contribution in [0.5, 0.6) is 5.75 Å². The maximum absolute atomic E-state index is 13.0. The topological polar surface area (TPSA) is 41.6 Å². The highest BCUT2D eigenvalue weighted by Crippen LogP contribution is 2.39. The Kier molecular flexibility index (Phi) is 7.55. The highest BCUT2D eigenvalue weighted by Gasteiger charge is 2.30. The molecule has 0 saturated carbocycles. The maximum atomic E-state index is 13.0. The molecule has 1 atom stereocenters. The summed E-state index contributed by atoms with van der Waals surface area (Å²) in [4.78, 5) is 14.9. The van der Waals surface area contributed by atoms with E-state index >= 15 is 0 Å². The van der Waals surface area contributed by atoms with Gasteiger partial charge in [0.15, 0.2) is 6.10 Å². The molecule has 1 saturated heterocycles. The van der Waals surface area contributed by atoms with Gasteiger partial charge in [-0.3, -0.25) is 4.79 Å². The Hall–Kier alpha value is -1.55. The number of piperazine rings is 1. The largest absolute Gasteiger partial charge is 0.480 e. The van der Waals surface area contributed by atoms with Crippen molar-refractivity contribution in [2.75, 3.05) is 26.2 Å². The highest BCUT2D eigenvalue weighted by molar-refractivity contribution is 5.81. The van der Waals surface area contributed by atoms with Gasteiger partial charge in [0.25, 0.3) is 5.91 Å². The second-order valence-corrected chi connectivity index (χ2v) is 9.28. The predicted octanol–water partition coefficient (Wildman–Crippen LogP) is 4.65. The molecule has 1 aromatic rings. The summed E-state index contributed by atoms with van der Waals surface area (Å²) in [7, 11) is 0. The third-order valence-corrected chi connectivity index (χ3v) is 6.60. The van der Waals surface area contributed by atoms with Crippen molar-refractivity contribution in [3.63, 3.8) is 0 Å². The van der Waals surface area contributed by atoms with E-state index in [0.29, 0.717) is 6.42 Å². The van der Waals surface area contributed by atoms with Crippen LogP contribution in [0, 0.1) is 0 Å². The molecule has 0 bridgehead atoms. The van der Waals surface area contributed by atoms with E-state index < -0.39 is 6.10 Å². The zero-order chi connectivity index (χ0) is 20.9. The van der Waals surface area contributed by atoms with Gasteiger partial charge in [0.05, 0.1) is 0 Å². The maximum Gasteiger partial charge on any atom is 0.263 e. The second-order valence-electron chi connectivity index (χ2n) is 9.28. The molecule has 0 radical (unpaired) electrons. The lowest BCUT2D eigenvalue weighted by Crippen LogP contribution is -2.51. The van der Waals surface area contributed by atoms with Crippen LogP contribution < -0.4 is 10.1 Å². The molecule has 0 aliphatic carbocycles. The third kappa shape index (κ3) is 5.08. The Bertz CT molecular complexity index is 661. The summed E-state index contributed by atoms with van der Waals surface area (Å²) in [5.74, 6) is 0.972. The van der Waals surface area contributed by atoms with Crippen molar-refractivity contribution in [1.29, 1.82) is 0 Å². The Balaban J connectivity index is 2.35. The molecule has 4 nitrogen and oxygen atoms in total. The van der Waals surface area contributed by atoms with Crippen molar-refractivity contribution >= 4 is 5.91 Å². The molecule has 2 rings (SSSR count). The van der Waals surface area contributed by atoms with E-state index in [2.05, 4.69) is 65.1 Å². The molecule has 1 fully saturated rings. The molecule has 1 aromatic carbocycles. The predicted molar refractivity (Wildman–Crippen MR) is 117 cm³/mol. The molecular weight excluding hydrogens is 348 g/mol. The normalized spacial score (nSPS) is 16.8. The van der Waals surface area contributed by atoms with Crippen LogP contribution in [0.2, 0.25) is 0 Å². The highest BCUT2D eigenvalue weighted by atomic mass is 16.5. The summed E-state index contributed by atoms with van der Waals surface area (Å²) in [6.07, 6.45) is 2.35. The molecule has 1 aliphatic rings. The van der Waals surface area contributed by atoms with Crippen LogP contribution in [-0.4, -0.2) is 43.1 Å². The minimum atomic E-state index is -0.422. The zero-order valence-corrected chi connectivity index (χ0v) is 19.0. The molecule has 1 unspecified atom stereocenters. The number of hydrogen-bond donors (Lipinski definition) is 1. The molecule has 4 heteroatoms. The van der Waals surface area contributed by atoms with Crippen LogP contribution in [0.25, 0.3) is 0 Å². The van der Waals surface area contributed by atoms with Crippen LogP contribution in [0.1, 0.15) is 78.9 Å². The van der Waals surface area contributed by atoms with Crippen LogP contribution >= 0.6 is 0 Å². The number of benzene rings is 1. The van der Waals surface area contributed by atoms with Gasteiger partial charge in [-0.25, -0.2) is 0 Å². The van der Waals surface area contributed by atoms with E-state index in [9.17, 15) is 4.79 Å². The van der Waals surface area contributed by atoms with E-state index in [0.717, 1.165) is 44.8 Å². The zero-order valence-electron chi connectivity index (χ0n) is 19.0. The number of nitrogens with one attached hydrogen (secondary N) is 1. The van der Waals surface area contributed by atoms with Crippen LogP contribution in [-0.2, 0) is 15.6 Å². The van der Waals surface area contributed by atoms with E-state index in [4.69, 9.17) is 4.74 Å². The molecule has 1 heterocycles. The number of carbonyl (C=O) groups excluding carboxylic acids is 1. The lowest BCUT2D eigenvalue weighted by Gasteiger charge is -2.33. The van der Waals surface area contributed by atoms with Gasteiger partial charge in [-0.15, -0.1) is 0 Å². The van der Waals surface area contributed by atoms with Crippen molar-refractivity contribution in [3.05, 3.63) is 29.3 Å². The van der Waals surface area contributed by atoms with Crippen LogP contribution in [0.15, 0.2) is 18.2 Å². The van der Waals surface area contributed by atoms with Crippen molar-refractivity contribution < 1.29 is 9.53 Å². The molecule has 158 valence electrons. The van der Waals surface area contributed by atoms with E-state index in [-0.39, 0.29) is 16.7 Å².